The van der Waals surface area contributed by atoms with Crippen molar-refractivity contribution < 1.29 is 47.8 Å². The van der Waals surface area contributed by atoms with Crippen molar-refractivity contribution in [3.8, 4) is 0 Å². The van der Waals surface area contributed by atoms with E-state index in [0.29, 0.717) is 18.4 Å². The fourth-order valence-electron chi connectivity index (χ4n) is 3.53. The highest BCUT2D eigenvalue weighted by atomic mass is 35.5. The summed E-state index contributed by atoms with van der Waals surface area (Å²) in [6, 6.07) is -1.06. The molecule has 2 amide bonds. The zero-order valence-electron chi connectivity index (χ0n) is 21.1. The van der Waals surface area contributed by atoms with Gasteiger partial charge in [0.25, 0.3) is 11.8 Å². The molecule has 0 aromatic carbocycles. The van der Waals surface area contributed by atoms with Crippen LogP contribution in [-0.4, -0.2) is 96.6 Å². The van der Waals surface area contributed by atoms with Crippen molar-refractivity contribution in [3.05, 3.63) is 11.3 Å². The third-order valence-corrected chi connectivity index (χ3v) is 6.92. The smallest absolute Gasteiger partial charge is 0.431 e. The lowest BCUT2D eigenvalue weighted by atomic mass is 10.0. The molecule has 2 unspecified atom stereocenters. The van der Waals surface area contributed by atoms with Gasteiger partial charge >= 0.3 is 12.1 Å². The minimum Gasteiger partial charge on any atom is -0.431 e. The van der Waals surface area contributed by atoms with Crippen LogP contribution in [0.4, 0.5) is 4.79 Å². The van der Waals surface area contributed by atoms with E-state index in [1.54, 1.807) is 0 Å². The summed E-state index contributed by atoms with van der Waals surface area (Å²) in [5, 5.41) is 5.15. The molecule has 37 heavy (non-hydrogen) atoms. The number of carbonyl (C=O) groups excluding carboxylic acids is 5. The van der Waals surface area contributed by atoms with Crippen molar-refractivity contribution >= 4 is 58.8 Å². The van der Waals surface area contributed by atoms with E-state index in [1.165, 1.54) is 30.7 Å². The summed E-state index contributed by atoms with van der Waals surface area (Å²) in [5.74, 6) is -3.50. The summed E-state index contributed by atoms with van der Waals surface area (Å²) in [7, 11) is 2.58. The molecule has 0 radical (unpaired) electrons. The van der Waals surface area contributed by atoms with Crippen LogP contribution in [0.1, 0.15) is 33.6 Å². The molecule has 2 aliphatic rings. The van der Waals surface area contributed by atoms with Gasteiger partial charge in [0.05, 0.1) is 12.5 Å². The molecule has 0 aromatic rings. The number of halogens is 1. The molecule has 206 valence electrons. The lowest BCUT2D eigenvalue weighted by molar-refractivity contribution is -0.169. The van der Waals surface area contributed by atoms with Gasteiger partial charge in [0.1, 0.15) is 30.3 Å². The molecule has 1 N–H and O–H groups in total. The molecule has 0 bridgehead atoms. The third kappa shape index (κ3) is 7.36. The molecule has 1 fully saturated rings. The Kier molecular flexibility index (Phi) is 11.7. The van der Waals surface area contributed by atoms with E-state index in [2.05, 4.69) is 15.3 Å². The predicted octanol–water partition coefficient (Wildman–Crippen LogP) is 1.33. The Hall–Kier alpha value is -2.84. The number of ether oxygens (including phenoxy) is 4. The van der Waals surface area contributed by atoms with Crippen LogP contribution in [0.5, 0.6) is 0 Å². The Morgan fingerprint density at radius 1 is 1.16 bits per heavy atom. The van der Waals surface area contributed by atoms with E-state index in [1.807, 2.05) is 13.8 Å². The first-order chi connectivity index (χ1) is 17.6. The van der Waals surface area contributed by atoms with Crippen LogP contribution in [-0.2, 0) is 43.0 Å². The van der Waals surface area contributed by atoms with Gasteiger partial charge in [-0.25, -0.2) is 9.59 Å². The summed E-state index contributed by atoms with van der Waals surface area (Å²) in [6.07, 6.45) is -1.43. The number of carbonyl (C=O) groups is 5. The summed E-state index contributed by atoms with van der Waals surface area (Å²) in [4.78, 5) is 68.1. The highest BCUT2D eigenvalue weighted by Crippen LogP contribution is 2.40. The maximum absolute atomic E-state index is 13.0. The van der Waals surface area contributed by atoms with Gasteiger partial charge in [-0.1, -0.05) is 19.0 Å². The maximum atomic E-state index is 13.0. The number of alkyl halides is 1. The number of nitrogens with one attached hydrogen (secondary N) is 1. The number of amides is 2. The second kappa shape index (κ2) is 14.2. The van der Waals surface area contributed by atoms with Crippen LogP contribution in [0, 0.1) is 0 Å². The van der Waals surface area contributed by atoms with Gasteiger partial charge in [-0.2, -0.15) is 0 Å². The van der Waals surface area contributed by atoms with E-state index < -0.39 is 59.0 Å². The van der Waals surface area contributed by atoms with Crippen LogP contribution in [0.15, 0.2) is 16.4 Å². The second-order valence-corrected chi connectivity index (χ2v) is 9.19. The average Bonchev–Trinajstić information content (AvgIpc) is 2.87. The van der Waals surface area contributed by atoms with Gasteiger partial charge in [-0.3, -0.25) is 19.3 Å². The van der Waals surface area contributed by atoms with Crippen LogP contribution in [0.2, 0.25) is 0 Å². The Bertz CT molecular complexity index is 968. The largest absolute Gasteiger partial charge is 0.511 e. The fourth-order valence-corrected chi connectivity index (χ4v) is 4.98. The number of thioether (sulfide) groups is 1. The molecular weight excluding hydrogens is 534 g/mol. The number of β-lactam (4-membered cyclic amide) rings is 1. The zero-order valence-corrected chi connectivity index (χ0v) is 22.7. The fraction of sp³-hybridized carbons (Fsp3) is 0.636. The lowest BCUT2D eigenvalue weighted by Gasteiger charge is -2.49. The van der Waals surface area contributed by atoms with Gasteiger partial charge in [0.2, 0.25) is 17.8 Å². The average molecular weight is 564 g/mol. The standard InChI is InChI=1S/C22H30ClN3O10S/c1-6-13(7-2)36-22(31)35-11(3)34-21(30)17-12(9-32-4)10-37-20-16(19(29)26(17)20)24-18(28)15(25-33-5)14(27)8-23/h11,13,16,20H,6-10H2,1-5H3,(H,24,28)/b25-15-/t11?,16?,20-/m1/s1. The molecule has 0 saturated carbocycles. The summed E-state index contributed by atoms with van der Waals surface area (Å²) in [6.45, 7) is 5.08. The summed E-state index contributed by atoms with van der Waals surface area (Å²) < 4.78 is 20.6. The van der Waals surface area contributed by atoms with E-state index in [9.17, 15) is 24.0 Å². The molecule has 2 rings (SSSR count). The Morgan fingerprint density at radius 2 is 1.84 bits per heavy atom. The quantitative estimate of drug-likeness (QED) is 0.0655. The number of esters is 1. The topological polar surface area (TPSA) is 159 Å². The lowest BCUT2D eigenvalue weighted by Crippen LogP contribution is -2.71. The summed E-state index contributed by atoms with van der Waals surface area (Å²) >= 11 is 6.78. The van der Waals surface area contributed by atoms with Gasteiger partial charge in [0, 0.05) is 19.8 Å². The van der Waals surface area contributed by atoms with Crippen molar-refractivity contribution in [2.75, 3.05) is 32.5 Å². The van der Waals surface area contributed by atoms with Crippen LogP contribution in [0.25, 0.3) is 0 Å². The molecular formula is C22H30ClN3O10S. The predicted molar refractivity (Wildman–Crippen MR) is 132 cm³/mol. The number of oxime groups is 1. The highest BCUT2D eigenvalue weighted by molar-refractivity contribution is 8.00. The minimum absolute atomic E-state index is 0.0335. The van der Waals surface area contributed by atoms with E-state index in [-0.39, 0.29) is 24.2 Å². The van der Waals surface area contributed by atoms with E-state index in [0.717, 1.165) is 7.11 Å². The van der Waals surface area contributed by atoms with Crippen LogP contribution < -0.4 is 5.32 Å². The third-order valence-electron chi connectivity index (χ3n) is 5.34. The molecule has 0 aliphatic carbocycles. The maximum Gasteiger partial charge on any atom is 0.511 e. The number of nitrogens with zero attached hydrogens (tertiary/aromatic N) is 2. The van der Waals surface area contributed by atoms with Gasteiger partial charge in [-0.05, 0) is 18.4 Å². The first-order valence-electron chi connectivity index (χ1n) is 11.4. The molecule has 1 saturated heterocycles. The van der Waals surface area contributed by atoms with Gasteiger partial charge in [-0.15, -0.1) is 23.4 Å². The van der Waals surface area contributed by atoms with Gasteiger partial charge < -0.3 is 29.1 Å². The Labute approximate surface area is 223 Å². The molecule has 2 aliphatic heterocycles. The number of ketones is 1. The minimum atomic E-state index is -1.31. The zero-order chi connectivity index (χ0) is 27.7. The SMILES string of the molecule is CCC(CC)OC(=O)OC(C)OC(=O)C1=C(COC)CS[C@@H]2C(NC(=O)/C(=N\OC)C(=O)CCl)C(=O)N12. The normalized spacial score (nSPS) is 20.0. The first-order valence-corrected chi connectivity index (χ1v) is 13.0. The number of hydrogen-bond donors (Lipinski definition) is 1. The van der Waals surface area contributed by atoms with Crippen LogP contribution in [0.3, 0.4) is 0 Å². The number of Topliss-reactive ketones (excluding diaryl/α,β-unsaturated/α-hetero) is 1. The number of methoxy groups -OCH3 is 1. The van der Waals surface area contributed by atoms with Crippen molar-refractivity contribution in [3.63, 3.8) is 0 Å². The second-order valence-electron chi connectivity index (χ2n) is 7.82. The highest BCUT2D eigenvalue weighted by Gasteiger charge is 2.55. The molecule has 15 heteroatoms. The van der Waals surface area contributed by atoms with Crippen molar-refractivity contribution in [2.24, 2.45) is 5.16 Å². The first kappa shape index (κ1) is 30.4. The number of rotatable bonds is 13. The number of fused-ring (bicyclic) bond motifs is 1. The number of hydrogen-bond acceptors (Lipinski definition) is 12. The van der Waals surface area contributed by atoms with E-state index >= 15 is 0 Å². The van der Waals surface area contributed by atoms with Gasteiger partial charge in [0.15, 0.2) is 0 Å². The molecule has 2 heterocycles. The molecule has 13 nitrogen and oxygen atoms in total. The molecule has 3 atom stereocenters. The van der Waals surface area contributed by atoms with Crippen LogP contribution >= 0.6 is 23.4 Å². The monoisotopic (exact) mass is 563 g/mol. The van der Waals surface area contributed by atoms with Crippen molar-refractivity contribution in [1.82, 2.24) is 10.2 Å². The Balaban J connectivity index is 2.14. The summed E-state index contributed by atoms with van der Waals surface area (Å²) in [5.41, 5.74) is -0.198. The van der Waals surface area contributed by atoms with Crippen molar-refractivity contribution in [1.29, 1.82) is 0 Å². The molecule has 0 spiro atoms. The van der Waals surface area contributed by atoms with E-state index in [4.69, 9.17) is 30.5 Å². The molecule has 0 aromatic heterocycles. The Morgan fingerprint density at radius 3 is 2.41 bits per heavy atom. The van der Waals surface area contributed by atoms with Crippen molar-refractivity contribution in [2.45, 2.75) is 57.4 Å².